The van der Waals surface area contributed by atoms with E-state index in [9.17, 15) is 14.4 Å². The Labute approximate surface area is 111 Å². The molecule has 1 heterocycles. The molecule has 0 bridgehead atoms. The molecule has 102 valence electrons. The molecule has 0 aliphatic rings. The van der Waals surface area contributed by atoms with Crippen molar-refractivity contribution in [3.05, 3.63) is 30.1 Å². The van der Waals surface area contributed by atoms with Gasteiger partial charge in [0.2, 0.25) is 5.91 Å². The number of nitrogens with one attached hydrogen (secondary N) is 2. The molecule has 1 aromatic heterocycles. The van der Waals surface area contributed by atoms with E-state index in [-0.39, 0.29) is 30.5 Å². The maximum Gasteiger partial charge on any atom is 0.270 e. The fourth-order valence-corrected chi connectivity index (χ4v) is 1.43. The van der Waals surface area contributed by atoms with Crippen molar-refractivity contribution in [2.45, 2.75) is 25.8 Å². The molecule has 19 heavy (non-hydrogen) atoms. The lowest BCUT2D eigenvalue weighted by atomic mass is 10.2. The minimum Gasteiger partial charge on any atom is -0.354 e. The van der Waals surface area contributed by atoms with E-state index in [0.29, 0.717) is 12.7 Å². The summed E-state index contributed by atoms with van der Waals surface area (Å²) in [4.78, 5) is 37.5. The third kappa shape index (κ3) is 5.29. The molecule has 6 heteroatoms. The highest BCUT2D eigenvalue weighted by molar-refractivity contribution is 5.92. The van der Waals surface area contributed by atoms with Gasteiger partial charge >= 0.3 is 0 Å². The molecule has 1 atom stereocenters. The standard InChI is InChI=1S/C13H17N3O3/c1-2-12(18)15-9-10(6-8-17)16-13(19)11-5-3-4-7-14-11/h3-5,7-8,10H,2,6,9H2,1H3,(H,15,18)(H,16,19). The first kappa shape index (κ1) is 14.8. The first-order valence-electron chi connectivity index (χ1n) is 6.09. The number of carbonyl (C=O) groups is 3. The molecule has 0 aliphatic carbocycles. The Morgan fingerprint density at radius 2 is 2.21 bits per heavy atom. The summed E-state index contributed by atoms with van der Waals surface area (Å²) in [7, 11) is 0. The number of rotatable bonds is 7. The number of hydrogen-bond donors (Lipinski definition) is 2. The Morgan fingerprint density at radius 1 is 1.42 bits per heavy atom. The number of amides is 2. The normalized spacial score (nSPS) is 11.4. The summed E-state index contributed by atoms with van der Waals surface area (Å²) >= 11 is 0. The van der Waals surface area contributed by atoms with Crippen LogP contribution in [0.4, 0.5) is 0 Å². The van der Waals surface area contributed by atoms with Gasteiger partial charge in [-0.2, -0.15) is 0 Å². The highest BCUT2D eigenvalue weighted by atomic mass is 16.2. The molecule has 0 aliphatic heterocycles. The molecule has 1 unspecified atom stereocenters. The van der Waals surface area contributed by atoms with Gasteiger partial charge in [0.05, 0.1) is 6.04 Å². The number of nitrogens with zero attached hydrogens (tertiary/aromatic N) is 1. The molecule has 0 aromatic carbocycles. The van der Waals surface area contributed by atoms with E-state index in [1.54, 1.807) is 25.1 Å². The highest BCUT2D eigenvalue weighted by Crippen LogP contribution is 1.96. The van der Waals surface area contributed by atoms with E-state index in [2.05, 4.69) is 15.6 Å². The lowest BCUT2D eigenvalue weighted by molar-refractivity contribution is -0.121. The maximum atomic E-state index is 11.8. The molecule has 6 nitrogen and oxygen atoms in total. The summed E-state index contributed by atoms with van der Waals surface area (Å²) in [5, 5.41) is 5.31. The van der Waals surface area contributed by atoms with Gasteiger partial charge in [0.15, 0.2) is 0 Å². The topological polar surface area (TPSA) is 88.2 Å². The average Bonchev–Trinajstić information content (AvgIpc) is 2.45. The maximum absolute atomic E-state index is 11.8. The van der Waals surface area contributed by atoms with Crippen LogP contribution in [-0.2, 0) is 9.59 Å². The molecular formula is C13H17N3O3. The van der Waals surface area contributed by atoms with Gasteiger partial charge in [-0.15, -0.1) is 0 Å². The van der Waals surface area contributed by atoms with E-state index in [1.807, 2.05) is 0 Å². The Balaban J connectivity index is 2.55. The van der Waals surface area contributed by atoms with Gasteiger partial charge in [-0.25, -0.2) is 0 Å². The van der Waals surface area contributed by atoms with Crippen LogP contribution in [0.3, 0.4) is 0 Å². The minimum absolute atomic E-state index is 0.122. The van der Waals surface area contributed by atoms with E-state index in [1.165, 1.54) is 6.20 Å². The molecule has 1 rings (SSSR count). The molecule has 0 radical (unpaired) electrons. The van der Waals surface area contributed by atoms with Crippen LogP contribution in [0, 0.1) is 0 Å². The molecule has 0 spiro atoms. The predicted molar refractivity (Wildman–Crippen MR) is 69.5 cm³/mol. The Hall–Kier alpha value is -2.24. The Morgan fingerprint density at radius 3 is 2.79 bits per heavy atom. The van der Waals surface area contributed by atoms with Crippen molar-refractivity contribution in [2.75, 3.05) is 6.54 Å². The molecule has 2 amide bonds. The summed E-state index contributed by atoms with van der Waals surface area (Å²) in [6.07, 6.45) is 2.73. The monoisotopic (exact) mass is 263 g/mol. The van der Waals surface area contributed by atoms with Crippen LogP contribution in [0.5, 0.6) is 0 Å². The van der Waals surface area contributed by atoms with E-state index in [4.69, 9.17) is 0 Å². The summed E-state index contributed by atoms with van der Waals surface area (Å²) in [6.45, 7) is 1.96. The third-order valence-corrected chi connectivity index (χ3v) is 2.48. The van der Waals surface area contributed by atoms with Gasteiger partial charge < -0.3 is 15.4 Å². The Kier molecular flexibility index (Phi) is 6.21. The number of aromatic nitrogens is 1. The minimum atomic E-state index is -0.428. The van der Waals surface area contributed by atoms with Gasteiger partial charge in [0.25, 0.3) is 5.91 Å². The number of aldehydes is 1. The molecule has 0 fully saturated rings. The Bertz CT molecular complexity index is 434. The van der Waals surface area contributed by atoms with Crippen molar-refractivity contribution in [1.82, 2.24) is 15.6 Å². The number of pyridine rings is 1. The predicted octanol–water partition coefficient (Wildman–Crippen LogP) is 0.295. The quantitative estimate of drug-likeness (QED) is 0.692. The molecule has 0 saturated heterocycles. The SMILES string of the molecule is CCC(=O)NCC(CC=O)NC(=O)c1ccccn1. The lowest BCUT2D eigenvalue weighted by Gasteiger charge is -2.16. The van der Waals surface area contributed by atoms with Crippen LogP contribution in [0.25, 0.3) is 0 Å². The van der Waals surface area contributed by atoms with Crippen molar-refractivity contribution < 1.29 is 14.4 Å². The second kappa shape index (κ2) is 7.97. The van der Waals surface area contributed by atoms with Crippen LogP contribution < -0.4 is 10.6 Å². The fraction of sp³-hybridized carbons (Fsp3) is 0.385. The average molecular weight is 263 g/mol. The summed E-state index contributed by atoms with van der Waals surface area (Å²) in [6, 6.07) is 4.57. The van der Waals surface area contributed by atoms with E-state index >= 15 is 0 Å². The zero-order valence-corrected chi connectivity index (χ0v) is 10.8. The first-order valence-corrected chi connectivity index (χ1v) is 6.09. The van der Waals surface area contributed by atoms with Gasteiger partial charge in [-0.05, 0) is 12.1 Å². The van der Waals surface area contributed by atoms with Crippen molar-refractivity contribution in [1.29, 1.82) is 0 Å². The van der Waals surface area contributed by atoms with Crippen LogP contribution >= 0.6 is 0 Å². The van der Waals surface area contributed by atoms with Gasteiger partial charge in [0.1, 0.15) is 12.0 Å². The van der Waals surface area contributed by atoms with Crippen molar-refractivity contribution in [3.63, 3.8) is 0 Å². The smallest absolute Gasteiger partial charge is 0.270 e. The van der Waals surface area contributed by atoms with Gasteiger partial charge in [-0.3, -0.25) is 14.6 Å². The molecule has 2 N–H and O–H groups in total. The van der Waals surface area contributed by atoms with Crippen LogP contribution in [-0.4, -0.2) is 35.7 Å². The second-order valence-electron chi connectivity index (χ2n) is 3.95. The van der Waals surface area contributed by atoms with Crippen LogP contribution in [0.2, 0.25) is 0 Å². The van der Waals surface area contributed by atoms with Crippen LogP contribution in [0.1, 0.15) is 30.3 Å². The van der Waals surface area contributed by atoms with Crippen molar-refractivity contribution >= 4 is 18.1 Å². The number of hydrogen-bond acceptors (Lipinski definition) is 4. The zero-order chi connectivity index (χ0) is 14.1. The number of carbonyl (C=O) groups excluding carboxylic acids is 3. The molecular weight excluding hydrogens is 246 g/mol. The van der Waals surface area contributed by atoms with Crippen molar-refractivity contribution in [3.8, 4) is 0 Å². The first-order chi connectivity index (χ1) is 9.17. The van der Waals surface area contributed by atoms with Gasteiger partial charge in [0, 0.05) is 25.6 Å². The lowest BCUT2D eigenvalue weighted by Crippen LogP contribution is -2.44. The largest absolute Gasteiger partial charge is 0.354 e. The van der Waals surface area contributed by atoms with E-state index < -0.39 is 6.04 Å². The second-order valence-corrected chi connectivity index (χ2v) is 3.95. The van der Waals surface area contributed by atoms with Crippen LogP contribution in [0.15, 0.2) is 24.4 Å². The summed E-state index contributed by atoms with van der Waals surface area (Å²) < 4.78 is 0. The van der Waals surface area contributed by atoms with Gasteiger partial charge in [-0.1, -0.05) is 13.0 Å². The zero-order valence-electron chi connectivity index (χ0n) is 10.8. The van der Waals surface area contributed by atoms with E-state index in [0.717, 1.165) is 0 Å². The summed E-state index contributed by atoms with van der Waals surface area (Å²) in [5.41, 5.74) is 0.278. The molecule has 0 saturated carbocycles. The fourth-order valence-electron chi connectivity index (χ4n) is 1.43. The highest BCUT2D eigenvalue weighted by Gasteiger charge is 2.14. The van der Waals surface area contributed by atoms with Crippen molar-refractivity contribution in [2.24, 2.45) is 0 Å². The molecule has 1 aromatic rings. The third-order valence-electron chi connectivity index (χ3n) is 2.48. The summed E-state index contributed by atoms with van der Waals surface area (Å²) in [5.74, 6) is -0.485.